The van der Waals surface area contributed by atoms with Crippen LogP contribution in [0.15, 0.2) is 45.6 Å². The smallest absolute Gasteiger partial charge is 0.287 e. The largest absolute Gasteiger partial charge is 0.449 e. The third-order valence-electron chi connectivity index (χ3n) is 7.18. The summed E-state index contributed by atoms with van der Waals surface area (Å²) in [5, 5.41) is 3.90. The van der Waals surface area contributed by atoms with E-state index in [2.05, 4.69) is 29.1 Å². The first-order valence-corrected chi connectivity index (χ1v) is 11.1. The Hall–Kier alpha value is -2.96. The van der Waals surface area contributed by atoms with Crippen LogP contribution in [0.5, 0.6) is 0 Å². The second kappa shape index (κ2) is 7.62. The number of aromatic nitrogens is 1. The zero-order valence-corrected chi connectivity index (χ0v) is 18.1. The first-order chi connectivity index (χ1) is 14.9. The van der Waals surface area contributed by atoms with E-state index < -0.39 is 0 Å². The number of furan rings is 1. The van der Waals surface area contributed by atoms with Gasteiger partial charge in [0.1, 0.15) is 5.71 Å². The summed E-state index contributed by atoms with van der Waals surface area (Å²) in [6.07, 6.45) is 8.36. The standard InChI is InChI=1S/C24H28N4O3/c1-15(2)17-9-19(26-12-17)23(30)28-7-4-24(5-8-28)11-18(24)13-27-22(29)20-10-16-3-6-25-14-21(16)31-20/h3,6,9-10,14-15,18H,4-5,7-8,11-13H2,1-2H3,(H,27,29). The van der Waals surface area contributed by atoms with Gasteiger partial charge in [-0.05, 0) is 60.3 Å². The van der Waals surface area contributed by atoms with E-state index in [1.54, 1.807) is 18.5 Å². The summed E-state index contributed by atoms with van der Waals surface area (Å²) >= 11 is 0. The number of aliphatic imine (C=N–C) groups is 1. The molecule has 0 radical (unpaired) electrons. The lowest BCUT2D eigenvalue weighted by Gasteiger charge is -2.33. The highest BCUT2D eigenvalue weighted by atomic mass is 16.3. The van der Waals surface area contributed by atoms with E-state index >= 15 is 0 Å². The van der Waals surface area contributed by atoms with Crippen LogP contribution < -0.4 is 5.32 Å². The van der Waals surface area contributed by atoms with Gasteiger partial charge >= 0.3 is 0 Å². The quantitative estimate of drug-likeness (QED) is 0.804. The highest BCUT2D eigenvalue weighted by Gasteiger charge is 2.55. The number of pyridine rings is 1. The SMILES string of the molecule is CC(C)C1=CC(C(=O)N2CCC3(CC2)CC3CNC(=O)c2cc3ccncc3o2)=NC1. The van der Waals surface area contributed by atoms with Crippen LogP contribution in [0.2, 0.25) is 0 Å². The summed E-state index contributed by atoms with van der Waals surface area (Å²) in [5.41, 5.74) is 2.73. The van der Waals surface area contributed by atoms with Gasteiger partial charge < -0.3 is 14.6 Å². The van der Waals surface area contributed by atoms with E-state index in [0.717, 1.165) is 37.7 Å². The molecule has 3 aliphatic rings. The van der Waals surface area contributed by atoms with Crippen LogP contribution in [-0.2, 0) is 4.79 Å². The summed E-state index contributed by atoms with van der Waals surface area (Å²) in [6, 6.07) is 3.58. The molecule has 1 unspecified atom stereocenters. The van der Waals surface area contributed by atoms with Crippen molar-refractivity contribution >= 4 is 28.5 Å². The van der Waals surface area contributed by atoms with E-state index in [1.807, 2.05) is 17.0 Å². The summed E-state index contributed by atoms with van der Waals surface area (Å²) in [4.78, 5) is 35.7. The van der Waals surface area contributed by atoms with Crippen molar-refractivity contribution in [2.24, 2.45) is 22.2 Å². The van der Waals surface area contributed by atoms with Crippen molar-refractivity contribution in [1.82, 2.24) is 15.2 Å². The van der Waals surface area contributed by atoms with Gasteiger partial charge in [0.05, 0.1) is 12.7 Å². The molecule has 1 aliphatic carbocycles. The number of nitrogens with zero attached hydrogens (tertiary/aromatic N) is 3. The number of carbonyl (C=O) groups is 2. The van der Waals surface area contributed by atoms with Crippen molar-refractivity contribution in [1.29, 1.82) is 0 Å². The number of likely N-dealkylation sites (tertiary alicyclic amines) is 1. The molecule has 0 bridgehead atoms. The van der Waals surface area contributed by atoms with Crippen molar-refractivity contribution in [2.45, 2.75) is 33.1 Å². The van der Waals surface area contributed by atoms with Crippen LogP contribution >= 0.6 is 0 Å². The van der Waals surface area contributed by atoms with Crippen molar-refractivity contribution in [3.8, 4) is 0 Å². The van der Waals surface area contributed by atoms with Gasteiger partial charge in [0.2, 0.25) is 0 Å². The molecule has 2 aliphatic heterocycles. The molecule has 7 nitrogen and oxygen atoms in total. The Bertz CT molecular complexity index is 1060. The molecule has 162 valence electrons. The zero-order valence-electron chi connectivity index (χ0n) is 18.1. The molecule has 1 spiro atoms. The minimum absolute atomic E-state index is 0.0652. The normalized spacial score (nSPS) is 22.0. The average molecular weight is 421 g/mol. The molecule has 2 aromatic heterocycles. The average Bonchev–Trinajstić information content (AvgIpc) is 3.16. The first kappa shape index (κ1) is 20.0. The Morgan fingerprint density at radius 1 is 1.32 bits per heavy atom. The van der Waals surface area contributed by atoms with E-state index in [9.17, 15) is 9.59 Å². The predicted octanol–water partition coefficient (Wildman–Crippen LogP) is 3.22. The fourth-order valence-corrected chi connectivity index (χ4v) is 4.87. The minimum atomic E-state index is -0.183. The Morgan fingerprint density at radius 2 is 2.13 bits per heavy atom. The Kier molecular flexibility index (Phi) is 4.91. The second-order valence-electron chi connectivity index (χ2n) is 9.37. The fraction of sp³-hybridized carbons (Fsp3) is 0.500. The fourth-order valence-electron chi connectivity index (χ4n) is 4.87. The van der Waals surface area contributed by atoms with E-state index in [0.29, 0.717) is 42.0 Å². The van der Waals surface area contributed by atoms with Gasteiger partial charge in [0.25, 0.3) is 11.8 Å². The number of hydrogen-bond acceptors (Lipinski definition) is 5. The Morgan fingerprint density at radius 3 is 2.84 bits per heavy atom. The molecule has 1 saturated carbocycles. The monoisotopic (exact) mass is 420 g/mol. The summed E-state index contributed by atoms with van der Waals surface area (Å²) in [5.74, 6) is 1.10. The van der Waals surface area contributed by atoms with Gasteiger partial charge in [-0.3, -0.25) is 19.6 Å². The molecule has 2 amide bonds. The highest BCUT2D eigenvalue weighted by Crippen LogP contribution is 2.59. The summed E-state index contributed by atoms with van der Waals surface area (Å²) in [6.45, 7) is 7.11. The highest BCUT2D eigenvalue weighted by molar-refractivity contribution is 6.44. The number of hydrogen-bond donors (Lipinski definition) is 1. The maximum atomic E-state index is 12.8. The third kappa shape index (κ3) is 3.77. The minimum Gasteiger partial charge on any atom is -0.449 e. The summed E-state index contributed by atoms with van der Waals surface area (Å²) in [7, 11) is 0. The Labute approximate surface area is 181 Å². The number of amides is 2. The maximum absolute atomic E-state index is 12.8. The molecular formula is C24H28N4O3. The number of piperidine rings is 1. The van der Waals surface area contributed by atoms with Crippen LogP contribution in [0.4, 0.5) is 0 Å². The molecule has 4 heterocycles. The van der Waals surface area contributed by atoms with Gasteiger partial charge in [-0.1, -0.05) is 13.8 Å². The van der Waals surface area contributed by atoms with Gasteiger partial charge in [0, 0.05) is 31.2 Å². The second-order valence-corrected chi connectivity index (χ2v) is 9.37. The van der Waals surface area contributed by atoms with Gasteiger partial charge in [-0.25, -0.2) is 0 Å². The molecule has 2 aromatic rings. The predicted molar refractivity (Wildman–Crippen MR) is 118 cm³/mol. The number of nitrogens with one attached hydrogen (secondary N) is 1. The van der Waals surface area contributed by atoms with E-state index in [-0.39, 0.29) is 17.2 Å². The lowest BCUT2D eigenvalue weighted by atomic mass is 9.90. The molecule has 5 rings (SSSR count). The molecule has 0 aromatic carbocycles. The molecular weight excluding hydrogens is 392 g/mol. The van der Waals surface area contributed by atoms with Gasteiger partial charge in [-0.15, -0.1) is 0 Å². The molecule has 1 N–H and O–H groups in total. The zero-order chi connectivity index (χ0) is 21.6. The van der Waals surface area contributed by atoms with Gasteiger partial charge in [0.15, 0.2) is 11.3 Å². The molecule has 1 atom stereocenters. The third-order valence-corrected chi connectivity index (χ3v) is 7.18. The van der Waals surface area contributed by atoms with Crippen molar-refractivity contribution in [2.75, 3.05) is 26.2 Å². The number of carbonyl (C=O) groups excluding carboxylic acids is 2. The van der Waals surface area contributed by atoms with Crippen LogP contribution in [0.3, 0.4) is 0 Å². The topological polar surface area (TPSA) is 87.8 Å². The van der Waals surface area contributed by atoms with Gasteiger partial charge in [-0.2, -0.15) is 0 Å². The van der Waals surface area contributed by atoms with Crippen LogP contribution in [-0.4, -0.2) is 53.6 Å². The molecule has 7 heteroatoms. The maximum Gasteiger partial charge on any atom is 0.287 e. The summed E-state index contributed by atoms with van der Waals surface area (Å²) < 4.78 is 5.60. The molecule has 2 fully saturated rings. The Balaban J connectivity index is 1.12. The number of rotatable bonds is 5. The van der Waals surface area contributed by atoms with E-state index in [4.69, 9.17) is 4.42 Å². The molecule has 1 saturated heterocycles. The van der Waals surface area contributed by atoms with Crippen LogP contribution in [0.1, 0.15) is 43.7 Å². The van der Waals surface area contributed by atoms with E-state index in [1.165, 1.54) is 5.57 Å². The van der Waals surface area contributed by atoms with Crippen LogP contribution in [0, 0.1) is 17.3 Å². The van der Waals surface area contributed by atoms with Crippen molar-refractivity contribution < 1.29 is 14.0 Å². The first-order valence-electron chi connectivity index (χ1n) is 11.1. The number of fused-ring (bicyclic) bond motifs is 1. The lowest BCUT2D eigenvalue weighted by molar-refractivity contribution is -0.125. The molecule has 31 heavy (non-hydrogen) atoms. The van der Waals surface area contributed by atoms with Crippen molar-refractivity contribution in [3.05, 3.63) is 41.9 Å². The lowest BCUT2D eigenvalue weighted by Crippen LogP contribution is -2.42. The van der Waals surface area contributed by atoms with Crippen LogP contribution in [0.25, 0.3) is 11.0 Å². The van der Waals surface area contributed by atoms with Crippen molar-refractivity contribution in [3.63, 3.8) is 0 Å².